The third-order valence-corrected chi connectivity index (χ3v) is 2.58. The molecule has 0 spiro atoms. The van der Waals surface area contributed by atoms with Crippen LogP contribution in [0.1, 0.15) is 12.5 Å². The van der Waals surface area contributed by atoms with E-state index in [0.29, 0.717) is 6.54 Å². The van der Waals surface area contributed by atoms with Crippen molar-refractivity contribution in [2.75, 3.05) is 11.9 Å². The van der Waals surface area contributed by atoms with Crippen LogP contribution < -0.4 is 11.1 Å². The summed E-state index contributed by atoms with van der Waals surface area (Å²) in [6.07, 6.45) is 2.63. The molecule has 0 aliphatic carbocycles. The fraction of sp³-hybridized carbons (Fsp3) is 0.333. The second kappa shape index (κ2) is 5.45. The lowest BCUT2D eigenvalue weighted by Crippen LogP contribution is -2.04. The number of nitrogens with two attached hydrogens (primary N) is 1. The van der Waals surface area contributed by atoms with Gasteiger partial charge in [0, 0.05) is 12.2 Å². The summed E-state index contributed by atoms with van der Waals surface area (Å²) >= 11 is 0. The number of anilines is 2. The van der Waals surface area contributed by atoms with Crippen molar-refractivity contribution in [3.63, 3.8) is 0 Å². The molecule has 0 fully saturated rings. The van der Waals surface area contributed by atoms with Crippen LogP contribution in [0.25, 0.3) is 0 Å². The van der Waals surface area contributed by atoms with Crippen LogP contribution in [0.3, 0.4) is 0 Å². The Morgan fingerprint density at radius 1 is 1.29 bits per heavy atom. The van der Waals surface area contributed by atoms with Crippen molar-refractivity contribution in [2.45, 2.75) is 19.9 Å². The minimum atomic E-state index is 0.680. The summed E-state index contributed by atoms with van der Waals surface area (Å²) in [4.78, 5) is 0. The highest BCUT2D eigenvalue weighted by Gasteiger charge is 2.01. The third kappa shape index (κ3) is 2.82. The Bertz CT molecular complexity index is 460. The van der Waals surface area contributed by atoms with Gasteiger partial charge in [-0.25, -0.2) is 4.68 Å². The highest BCUT2D eigenvalue weighted by atomic mass is 15.4. The van der Waals surface area contributed by atoms with Gasteiger partial charge in [0.1, 0.15) is 5.82 Å². The topological polar surface area (TPSA) is 68.8 Å². The molecule has 5 nitrogen and oxygen atoms in total. The van der Waals surface area contributed by atoms with Gasteiger partial charge >= 0.3 is 0 Å². The molecule has 90 valence electrons. The molecular weight excluding hydrogens is 214 g/mol. The predicted molar refractivity (Wildman–Crippen MR) is 68.2 cm³/mol. The van der Waals surface area contributed by atoms with Crippen LogP contribution in [-0.4, -0.2) is 21.5 Å². The van der Waals surface area contributed by atoms with Gasteiger partial charge in [0.05, 0.1) is 6.20 Å². The predicted octanol–water partition coefficient (Wildman–Crippen LogP) is 1.54. The van der Waals surface area contributed by atoms with Crippen molar-refractivity contribution >= 4 is 11.5 Å². The van der Waals surface area contributed by atoms with Gasteiger partial charge in [0.15, 0.2) is 0 Å². The Balaban J connectivity index is 2.08. The zero-order valence-electron chi connectivity index (χ0n) is 9.93. The molecule has 1 aromatic carbocycles. The van der Waals surface area contributed by atoms with Gasteiger partial charge < -0.3 is 11.1 Å². The summed E-state index contributed by atoms with van der Waals surface area (Å²) in [6.45, 7) is 3.51. The second-order valence-electron chi connectivity index (χ2n) is 3.80. The van der Waals surface area contributed by atoms with E-state index >= 15 is 0 Å². The zero-order valence-corrected chi connectivity index (χ0v) is 9.93. The van der Waals surface area contributed by atoms with Crippen LogP contribution in [0.2, 0.25) is 0 Å². The zero-order chi connectivity index (χ0) is 12.1. The molecule has 0 radical (unpaired) electrons. The first-order chi connectivity index (χ1) is 8.33. The number of aryl methyl sites for hydroxylation is 1. The fourth-order valence-electron chi connectivity index (χ4n) is 1.66. The molecule has 2 rings (SSSR count). The Morgan fingerprint density at radius 3 is 2.71 bits per heavy atom. The largest absolute Gasteiger partial charge is 0.339 e. The quantitative estimate of drug-likeness (QED) is 0.819. The standard InChI is InChI=1S/C12H17N5/c1-2-17-12(9-14-16-17)15-11-5-3-10(4-6-11)7-8-13/h3-6,9,15H,2,7-8,13H2,1H3. The molecule has 5 heteroatoms. The van der Waals surface area contributed by atoms with Crippen LogP contribution in [0.4, 0.5) is 11.5 Å². The van der Waals surface area contributed by atoms with E-state index in [1.54, 1.807) is 6.20 Å². The molecule has 2 aromatic rings. The minimum absolute atomic E-state index is 0.680. The Morgan fingerprint density at radius 2 is 2.06 bits per heavy atom. The van der Waals surface area contributed by atoms with Crippen molar-refractivity contribution in [3.05, 3.63) is 36.0 Å². The molecule has 0 saturated heterocycles. The molecule has 0 amide bonds. The fourth-order valence-corrected chi connectivity index (χ4v) is 1.66. The smallest absolute Gasteiger partial charge is 0.149 e. The average Bonchev–Trinajstić information content (AvgIpc) is 2.79. The first-order valence-corrected chi connectivity index (χ1v) is 5.78. The van der Waals surface area contributed by atoms with Crippen LogP contribution in [0, 0.1) is 0 Å². The van der Waals surface area contributed by atoms with Gasteiger partial charge in [-0.1, -0.05) is 17.3 Å². The maximum absolute atomic E-state index is 5.51. The monoisotopic (exact) mass is 231 g/mol. The molecule has 0 bridgehead atoms. The van der Waals surface area contributed by atoms with Crippen molar-refractivity contribution in [2.24, 2.45) is 5.73 Å². The Kier molecular flexibility index (Phi) is 3.72. The van der Waals surface area contributed by atoms with Crippen molar-refractivity contribution in [1.29, 1.82) is 0 Å². The average molecular weight is 231 g/mol. The van der Waals surface area contributed by atoms with Crippen LogP contribution >= 0.6 is 0 Å². The molecule has 0 aliphatic rings. The van der Waals surface area contributed by atoms with Gasteiger partial charge in [0.25, 0.3) is 0 Å². The van der Waals surface area contributed by atoms with Crippen LogP contribution in [-0.2, 0) is 13.0 Å². The van der Waals surface area contributed by atoms with E-state index in [1.165, 1.54) is 5.56 Å². The number of hydrogen-bond acceptors (Lipinski definition) is 4. The first kappa shape index (κ1) is 11.6. The molecule has 0 saturated carbocycles. The number of aromatic nitrogens is 3. The van der Waals surface area contributed by atoms with E-state index in [9.17, 15) is 0 Å². The van der Waals surface area contributed by atoms with Gasteiger partial charge in [-0.15, -0.1) is 5.10 Å². The molecule has 1 heterocycles. The lowest BCUT2D eigenvalue weighted by Gasteiger charge is -2.07. The summed E-state index contributed by atoms with van der Waals surface area (Å²) in [5, 5.41) is 11.1. The maximum Gasteiger partial charge on any atom is 0.149 e. The van der Waals surface area contributed by atoms with Gasteiger partial charge in [-0.3, -0.25) is 0 Å². The van der Waals surface area contributed by atoms with Crippen LogP contribution in [0.15, 0.2) is 30.5 Å². The molecule has 3 N–H and O–H groups in total. The summed E-state index contributed by atoms with van der Waals surface area (Å²) in [6, 6.07) is 8.24. The van der Waals surface area contributed by atoms with E-state index in [1.807, 2.05) is 23.7 Å². The molecule has 17 heavy (non-hydrogen) atoms. The lowest BCUT2D eigenvalue weighted by molar-refractivity contribution is 0.633. The minimum Gasteiger partial charge on any atom is -0.339 e. The van der Waals surface area contributed by atoms with Crippen molar-refractivity contribution < 1.29 is 0 Å². The van der Waals surface area contributed by atoms with Crippen molar-refractivity contribution in [1.82, 2.24) is 15.0 Å². The van der Waals surface area contributed by atoms with E-state index in [2.05, 4.69) is 27.8 Å². The molecule has 0 aliphatic heterocycles. The molecule has 1 aromatic heterocycles. The normalized spacial score (nSPS) is 10.5. The first-order valence-electron chi connectivity index (χ1n) is 5.78. The SMILES string of the molecule is CCn1nncc1Nc1ccc(CCN)cc1. The Labute approximate surface area is 101 Å². The second-order valence-corrected chi connectivity index (χ2v) is 3.80. The number of nitrogens with one attached hydrogen (secondary N) is 1. The summed E-state index contributed by atoms with van der Waals surface area (Å²) < 4.78 is 1.81. The summed E-state index contributed by atoms with van der Waals surface area (Å²) in [5.74, 6) is 0.902. The van der Waals surface area contributed by atoms with E-state index in [-0.39, 0.29) is 0 Å². The van der Waals surface area contributed by atoms with Gasteiger partial charge in [-0.05, 0) is 37.6 Å². The number of hydrogen-bond donors (Lipinski definition) is 2. The summed E-state index contributed by atoms with van der Waals surface area (Å²) in [7, 11) is 0. The number of rotatable bonds is 5. The van der Waals surface area contributed by atoms with Gasteiger partial charge in [0.2, 0.25) is 0 Å². The lowest BCUT2D eigenvalue weighted by atomic mass is 10.1. The van der Waals surface area contributed by atoms with E-state index in [4.69, 9.17) is 5.73 Å². The van der Waals surface area contributed by atoms with Gasteiger partial charge in [-0.2, -0.15) is 0 Å². The van der Waals surface area contributed by atoms with Crippen molar-refractivity contribution in [3.8, 4) is 0 Å². The van der Waals surface area contributed by atoms with Crippen LogP contribution in [0.5, 0.6) is 0 Å². The third-order valence-electron chi connectivity index (χ3n) is 2.58. The highest BCUT2D eigenvalue weighted by Crippen LogP contribution is 2.16. The molecular formula is C12H17N5. The number of nitrogens with zero attached hydrogens (tertiary/aromatic N) is 3. The van der Waals surface area contributed by atoms with E-state index < -0.39 is 0 Å². The highest BCUT2D eigenvalue weighted by molar-refractivity contribution is 5.55. The molecule has 0 atom stereocenters. The summed E-state index contributed by atoms with van der Waals surface area (Å²) in [5.41, 5.74) is 7.79. The maximum atomic E-state index is 5.51. The Hall–Kier alpha value is -1.88. The van der Waals surface area contributed by atoms with E-state index in [0.717, 1.165) is 24.5 Å². The molecule has 0 unspecified atom stereocenters. The number of benzene rings is 1.